The van der Waals surface area contributed by atoms with E-state index in [1.54, 1.807) is 24.5 Å². The maximum absolute atomic E-state index is 13.9. The van der Waals surface area contributed by atoms with Gasteiger partial charge in [0, 0.05) is 34.2 Å². The molecule has 4 rings (SSSR count). The molecular formula is C29H27ClF2N4O2. The first-order chi connectivity index (χ1) is 18.1. The molecule has 1 heterocycles. The van der Waals surface area contributed by atoms with Gasteiger partial charge in [0.05, 0.1) is 12.5 Å². The average molecular weight is 537 g/mol. The number of aliphatic hydroxyl groups is 1. The molecule has 0 bridgehead atoms. The van der Waals surface area contributed by atoms with Gasteiger partial charge in [-0.15, -0.1) is 0 Å². The van der Waals surface area contributed by atoms with Crippen molar-refractivity contribution in [2.45, 2.75) is 38.3 Å². The molecule has 2 atom stereocenters. The van der Waals surface area contributed by atoms with Gasteiger partial charge in [-0.2, -0.15) is 8.78 Å². The number of nitrogens with zero attached hydrogens (tertiary/aromatic N) is 2. The van der Waals surface area contributed by atoms with Crippen molar-refractivity contribution in [3.05, 3.63) is 107 Å². The highest BCUT2D eigenvalue weighted by Crippen LogP contribution is 2.32. The number of nitrogens with one attached hydrogen (secondary N) is 2. The highest BCUT2D eigenvalue weighted by molar-refractivity contribution is 6.30. The minimum atomic E-state index is -3.35. The summed E-state index contributed by atoms with van der Waals surface area (Å²) in [6.07, 6.45) is 1.45. The number of hydrogen-bond donors (Lipinski definition) is 3. The molecule has 0 aliphatic heterocycles. The second kappa shape index (κ2) is 11.7. The van der Waals surface area contributed by atoms with Crippen LogP contribution in [0, 0.1) is 0 Å². The molecular weight excluding hydrogens is 510 g/mol. The van der Waals surface area contributed by atoms with E-state index in [9.17, 15) is 18.7 Å². The van der Waals surface area contributed by atoms with Crippen LogP contribution in [0.25, 0.3) is 11.3 Å². The van der Waals surface area contributed by atoms with E-state index in [4.69, 9.17) is 11.6 Å². The van der Waals surface area contributed by atoms with Crippen LogP contribution in [0.1, 0.15) is 36.6 Å². The van der Waals surface area contributed by atoms with Gasteiger partial charge in [0.15, 0.2) is 5.82 Å². The molecule has 0 saturated carbocycles. The molecule has 4 aromatic rings. The van der Waals surface area contributed by atoms with Crippen molar-refractivity contribution in [1.82, 2.24) is 9.97 Å². The van der Waals surface area contributed by atoms with E-state index in [1.165, 1.54) is 24.3 Å². The van der Waals surface area contributed by atoms with E-state index >= 15 is 0 Å². The molecule has 9 heteroatoms. The van der Waals surface area contributed by atoms with Crippen LogP contribution in [-0.2, 0) is 17.1 Å². The monoisotopic (exact) mass is 536 g/mol. The Morgan fingerprint density at radius 3 is 2.21 bits per heavy atom. The Hall–Kier alpha value is -3.88. The summed E-state index contributed by atoms with van der Waals surface area (Å²) < 4.78 is 27.9. The number of carbonyl (C=O) groups is 1. The number of amides is 1. The van der Waals surface area contributed by atoms with Gasteiger partial charge >= 0.3 is 0 Å². The van der Waals surface area contributed by atoms with Gasteiger partial charge in [-0.25, -0.2) is 4.98 Å². The lowest BCUT2D eigenvalue weighted by atomic mass is 10.0. The first kappa shape index (κ1) is 27.2. The fourth-order valence-electron chi connectivity index (χ4n) is 3.88. The lowest BCUT2D eigenvalue weighted by Crippen LogP contribution is -2.27. The fourth-order valence-corrected chi connectivity index (χ4v) is 4.01. The number of aromatic nitrogens is 2. The zero-order chi connectivity index (χ0) is 27.3. The van der Waals surface area contributed by atoms with E-state index in [-0.39, 0.29) is 23.9 Å². The fraction of sp³-hybridized carbons (Fsp3) is 0.207. The maximum Gasteiger partial charge on any atom is 0.298 e. The molecule has 0 aliphatic rings. The van der Waals surface area contributed by atoms with Gasteiger partial charge in [0.25, 0.3) is 5.92 Å². The van der Waals surface area contributed by atoms with Crippen LogP contribution in [0.3, 0.4) is 0 Å². The summed E-state index contributed by atoms with van der Waals surface area (Å²) in [6, 6.07) is 20.1. The smallest absolute Gasteiger partial charge is 0.298 e. The van der Waals surface area contributed by atoms with Gasteiger partial charge < -0.3 is 15.7 Å². The van der Waals surface area contributed by atoms with Crippen molar-refractivity contribution in [1.29, 1.82) is 0 Å². The molecule has 1 amide bonds. The third-order valence-electron chi connectivity index (χ3n) is 6.09. The zero-order valence-electron chi connectivity index (χ0n) is 20.8. The molecule has 0 spiro atoms. The van der Waals surface area contributed by atoms with E-state index in [1.807, 2.05) is 43.3 Å². The van der Waals surface area contributed by atoms with Crippen LogP contribution in [0.4, 0.5) is 20.3 Å². The average Bonchev–Trinajstić information content (AvgIpc) is 2.90. The normalized spacial score (nSPS) is 13.0. The summed E-state index contributed by atoms with van der Waals surface area (Å²) in [5, 5.41) is 16.2. The van der Waals surface area contributed by atoms with E-state index in [2.05, 4.69) is 20.6 Å². The van der Waals surface area contributed by atoms with Crippen LogP contribution in [0.15, 0.2) is 85.2 Å². The van der Waals surface area contributed by atoms with Crippen molar-refractivity contribution < 1.29 is 18.7 Å². The number of carbonyl (C=O) groups excluding carboxylic acids is 1. The Morgan fingerprint density at radius 2 is 1.58 bits per heavy atom. The molecule has 0 fully saturated rings. The minimum Gasteiger partial charge on any atom is -0.387 e. The zero-order valence-corrected chi connectivity index (χ0v) is 21.6. The standard InChI is InChI=1S/C29H27ClF2N4O2/c1-18(21-5-11-24(30)12-6-21)35-28-27(33-15-16-34-28)22-7-13-25(14-8-22)36-26(38)17-20-3-9-23(10-4-20)29(31,32)19(2)37/h3-16,18-19,37H,17H2,1-2H3,(H,34,35)(H,36,38)/t18-,19?/m0/s1. The third-order valence-corrected chi connectivity index (χ3v) is 6.34. The number of anilines is 2. The molecule has 3 aromatic carbocycles. The Balaban J connectivity index is 1.40. The number of aliphatic hydroxyl groups excluding tert-OH is 1. The van der Waals surface area contributed by atoms with E-state index in [0.717, 1.165) is 18.1 Å². The Morgan fingerprint density at radius 1 is 0.947 bits per heavy atom. The number of hydrogen-bond acceptors (Lipinski definition) is 5. The SMILES string of the molecule is CC(O)C(F)(F)c1ccc(CC(=O)Nc2ccc(-c3nccnc3N[C@@H](C)c3ccc(Cl)cc3)cc2)cc1. The van der Waals surface area contributed by atoms with Crippen LogP contribution >= 0.6 is 11.6 Å². The molecule has 0 saturated heterocycles. The summed E-state index contributed by atoms with van der Waals surface area (Å²) >= 11 is 5.99. The highest BCUT2D eigenvalue weighted by Gasteiger charge is 2.37. The topological polar surface area (TPSA) is 87.1 Å². The predicted molar refractivity (Wildman–Crippen MR) is 145 cm³/mol. The van der Waals surface area contributed by atoms with Crippen molar-refractivity contribution in [3.63, 3.8) is 0 Å². The maximum atomic E-state index is 13.9. The molecule has 38 heavy (non-hydrogen) atoms. The van der Waals surface area contributed by atoms with Crippen LogP contribution < -0.4 is 10.6 Å². The third kappa shape index (κ3) is 6.51. The number of rotatable bonds is 9. The van der Waals surface area contributed by atoms with Gasteiger partial charge in [-0.05, 0) is 49.2 Å². The molecule has 1 aromatic heterocycles. The summed E-state index contributed by atoms with van der Waals surface area (Å²) in [7, 11) is 0. The second-order valence-electron chi connectivity index (χ2n) is 8.97. The second-order valence-corrected chi connectivity index (χ2v) is 9.41. The largest absolute Gasteiger partial charge is 0.387 e. The molecule has 1 unspecified atom stereocenters. The number of halogens is 3. The molecule has 3 N–H and O–H groups in total. The van der Waals surface area contributed by atoms with Crippen molar-refractivity contribution in [3.8, 4) is 11.3 Å². The first-order valence-corrected chi connectivity index (χ1v) is 12.4. The van der Waals surface area contributed by atoms with Crippen molar-refractivity contribution >= 4 is 29.0 Å². The van der Waals surface area contributed by atoms with E-state index < -0.39 is 12.0 Å². The Bertz CT molecular complexity index is 1380. The lowest BCUT2D eigenvalue weighted by Gasteiger charge is -2.19. The summed E-state index contributed by atoms with van der Waals surface area (Å²) in [5.74, 6) is -3.02. The molecule has 0 radical (unpaired) electrons. The molecule has 196 valence electrons. The van der Waals surface area contributed by atoms with Gasteiger partial charge in [-0.3, -0.25) is 9.78 Å². The lowest BCUT2D eigenvalue weighted by molar-refractivity contribution is -0.115. The van der Waals surface area contributed by atoms with Crippen LogP contribution in [-0.4, -0.2) is 27.1 Å². The quantitative estimate of drug-likeness (QED) is 0.224. The number of benzene rings is 3. The summed E-state index contributed by atoms with van der Waals surface area (Å²) in [6.45, 7) is 3.06. The minimum absolute atomic E-state index is 0.0170. The van der Waals surface area contributed by atoms with Crippen molar-refractivity contribution in [2.24, 2.45) is 0 Å². The van der Waals surface area contributed by atoms with Crippen molar-refractivity contribution in [2.75, 3.05) is 10.6 Å². The molecule has 6 nitrogen and oxygen atoms in total. The van der Waals surface area contributed by atoms with Crippen LogP contribution in [0.2, 0.25) is 5.02 Å². The van der Waals surface area contributed by atoms with Crippen LogP contribution in [0.5, 0.6) is 0 Å². The highest BCUT2D eigenvalue weighted by atomic mass is 35.5. The van der Waals surface area contributed by atoms with Gasteiger partial charge in [0.2, 0.25) is 5.91 Å². The first-order valence-electron chi connectivity index (χ1n) is 12.0. The summed E-state index contributed by atoms with van der Waals surface area (Å²) in [4.78, 5) is 21.5. The molecule has 0 aliphatic carbocycles. The summed E-state index contributed by atoms with van der Waals surface area (Å²) in [5.41, 5.74) is 3.40. The Labute approximate surface area is 224 Å². The Kier molecular flexibility index (Phi) is 8.34. The van der Waals surface area contributed by atoms with E-state index in [0.29, 0.717) is 27.8 Å². The predicted octanol–water partition coefficient (Wildman–Crippen LogP) is 6.62. The number of alkyl halides is 2. The van der Waals surface area contributed by atoms with Gasteiger partial charge in [0.1, 0.15) is 11.8 Å². The van der Waals surface area contributed by atoms with Gasteiger partial charge in [-0.1, -0.05) is 60.1 Å².